The smallest absolute Gasteiger partial charge is 0.341 e. The number of morpholine rings is 1. The maximum Gasteiger partial charge on any atom is 0.341 e. The number of ether oxygens (including phenoxy) is 2. The predicted octanol–water partition coefficient (Wildman–Crippen LogP) is 2.54. The number of hydrogen-bond acceptors (Lipinski definition) is 7. The highest BCUT2D eigenvalue weighted by molar-refractivity contribution is 5.99. The number of hydrogen-bond donors (Lipinski definition) is 1. The molecule has 2 aromatic rings. The number of anilines is 2. The summed E-state index contributed by atoms with van der Waals surface area (Å²) in [6.07, 6.45) is 0. The van der Waals surface area contributed by atoms with Gasteiger partial charge in [-0.1, -0.05) is 18.2 Å². The number of nitrogens with zero attached hydrogens (tertiary/aromatic N) is 2. The van der Waals surface area contributed by atoms with Gasteiger partial charge in [0.2, 0.25) is 0 Å². The van der Waals surface area contributed by atoms with Crippen molar-refractivity contribution in [1.82, 2.24) is 0 Å². The Balaban J connectivity index is 1.73. The molecule has 1 fully saturated rings. The van der Waals surface area contributed by atoms with Crippen LogP contribution in [0.5, 0.6) is 0 Å². The number of nitro benzene ring substituents is 1. The highest BCUT2D eigenvalue weighted by Crippen LogP contribution is 2.27. The molecule has 3 rings (SSSR count). The summed E-state index contributed by atoms with van der Waals surface area (Å²) in [6.45, 7) is 3.42. The number of aryl methyl sites for hydroxylation is 1. The second-order valence-corrected chi connectivity index (χ2v) is 6.50. The molecule has 1 heterocycles. The largest absolute Gasteiger partial charge is 0.452 e. The van der Waals surface area contributed by atoms with Crippen LogP contribution in [0.1, 0.15) is 15.9 Å². The summed E-state index contributed by atoms with van der Waals surface area (Å²) in [5, 5.41) is 13.8. The molecule has 0 unspecified atom stereocenters. The van der Waals surface area contributed by atoms with E-state index < -0.39 is 23.4 Å². The van der Waals surface area contributed by atoms with Crippen LogP contribution in [0.25, 0.3) is 0 Å². The molecule has 29 heavy (non-hydrogen) atoms. The lowest BCUT2D eigenvalue weighted by Gasteiger charge is -2.30. The van der Waals surface area contributed by atoms with Gasteiger partial charge in [0, 0.05) is 30.9 Å². The van der Waals surface area contributed by atoms with Crippen molar-refractivity contribution >= 4 is 28.9 Å². The SMILES string of the molecule is Cc1ccccc1NC(=O)COC(=O)c1cc([N+](=O)[O-])ccc1N1CCOCC1. The zero-order valence-corrected chi connectivity index (χ0v) is 15.9. The van der Waals surface area contributed by atoms with Gasteiger partial charge in [0.25, 0.3) is 11.6 Å². The Morgan fingerprint density at radius 2 is 1.93 bits per heavy atom. The van der Waals surface area contributed by atoms with Crippen LogP contribution < -0.4 is 10.2 Å². The van der Waals surface area contributed by atoms with Crippen molar-refractivity contribution in [3.8, 4) is 0 Å². The maximum absolute atomic E-state index is 12.6. The summed E-state index contributed by atoms with van der Waals surface area (Å²) in [7, 11) is 0. The fourth-order valence-electron chi connectivity index (χ4n) is 2.99. The lowest BCUT2D eigenvalue weighted by atomic mass is 10.1. The van der Waals surface area contributed by atoms with Crippen molar-refractivity contribution in [1.29, 1.82) is 0 Å². The number of carbonyl (C=O) groups excluding carboxylic acids is 2. The second-order valence-electron chi connectivity index (χ2n) is 6.50. The van der Waals surface area contributed by atoms with Crippen LogP contribution in [0.4, 0.5) is 17.1 Å². The maximum atomic E-state index is 12.6. The van der Waals surface area contributed by atoms with Gasteiger partial charge in [0.1, 0.15) is 0 Å². The Labute approximate surface area is 167 Å². The highest BCUT2D eigenvalue weighted by atomic mass is 16.6. The molecule has 0 spiro atoms. The van der Waals surface area contributed by atoms with Crippen molar-refractivity contribution in [2.24, 2.45) is 0 Å². The molecular formula is C20H21N3O6. The fourth-order valence-corrected chi connectivity index (χ4v) is 2.99. The van der Waals surface area contributed by atoms with E-state index in [9.17, 15) is 19.7 Å². The summed E-state index contributed by atoms with van der Waals surface area (Å²) in [6, 6.07) is 11.3. The summed E-state index contributed by atoms with van der Waals surface area (Å²) in [5.41, 5.74) is 1.84. The zero-order chi connectivity index (χ0) is 20.8. The van der Waals surface area contributed by atoms with Crippen LogP contribution in [-0.4, -0.2) is 49.7 Å². The zero-order valence-electron chi connectivity index (χ0n) is 15.9. The Bertz CT molecular complexity index is 924. The Kier molecular flexibility index (Phi) is 6.40. The van der Waals surface area contributed by atoms with Crippen molar-refractivity contribution in [3.05, 3.63) is 63.7 Å². The van der Waals surface area contributed by atoms with Crippen molar-refractivity contribution in [2.45, 2.75) is 6.92 Å². The molecular weight excluding hydrogens is 378 g/mol. The third kappa shape index (κ3) is 5.08. The summed E-state index contributed by atoms with van der Waals surface area (Å²) >= 11 is 0. The highest BCUT2D eigenvalue weighted by Gasteiger charge is 2.23. The lowest BCUT2D eigenvalue weighted by Crippen LogP contribution is -2.37. The van der Waals surface area contributed by atoms with Gasteiger partial charge in [0.05, 0.1) is 29.4 Å². The van der Waals surface area contributed by atoms with Gasteiger partial charge in [-0.05, 0) is 24.6 Å². The quantitative estimate of drug-likeness (QED) is 0.451. The molecule has 1 amide bonds. The van der Waals surface area contributed by atoms with E-state index in [1.54, 1.807) is 12.1 Å². The third-order valence-corrected chi connectivity index (χ3v) is 4.52. The molecule has 0 aromatic heterocycles. The first-order chi connectivity index (χ1) is 14.0. The topological polar surface area (TPSA) is 111 Å². The molecule has 152 valence electrons. The van der Waals surface area contributed by atoms with Crippen molar-refractivity contribution in [3.63, 3.8) is 0 Å². The molecule has 0 atom stereocenters. The van der Waals surface area contributed by atoms with Gasteiger partial charge in [-0.15, -0.1) is 0 Å². The van der Waals surface area contributed by atoms with Gasteiger partial charge in [0.15, 0.2) is 6.61 Å². The molecule has 2 aromatic carbocycles. The summed E-state index contributed by atoms with van der Waals surface area (Å²) < 4.78 is 10.4. The molecule has 0 radical (unpaired) electrons. The normalized spacial score (nSPS) is 13.6. The van der Waals surface area contributed by atoms with Crippen LogP contribution in [-0.2, 0) is 14.3 Å². The van der Waals surface area contributed by atoms with Gasteiger partial charge >= 0.3 is 5.97 Å². The Morgan fingerprint density at radius 1 is 1.21 bits per heavy atom. The van der Waals surface area contributed by atoms with Crippen LogP contribution in [0.15, 0.2) is 42.5 Å². The summed E-state index contributed by atoms with van der Waals surface area (Å²) in [4.78, 5) is 37.2. The molecule has 9 heteroatoms. The average Bonchev–Trinajstić information content (AvgIpc) is 2.74. The standard InChI is InChI=1S/C20H21N3O6/c1-14-4-2-3-5-17(14)21-19(24)13-29-20(25)16-12-15(23(26)27)6-7-18(16)22-8-10-28-11-9-22/h2-7,12H,8-11,13H2,1H3,(H,21,24). The molecule has 0 bridgehead atoms. The molecule has 0 aliphatic carbocycles. The number of para-hydroxylation sites is 1. The minimum absolute atomic E-state index is 0.0461. The van der Waals surface area contributed by atoms with E-state index in [0.717, 1.165) is 5.56 Å². The Morgan fingerprint density at radius 3 is 2.62 bits per heavy atom. The minimum atomic E-state index is -0.796. The second kappa shape index (κ2) is 9.16. The molecule has 1 saturated heterocycles. The molecule has 1 N–H and O–H groups in total. The Hall–Kier alpha value is -3.46. The first-order valence-electron chi connectivity index (χ1n) is 9.09. The number of carbonyl (C=O) groups is 2. The number of benzene rings is 2. The van der Waals surface area contributed by atoms with E-state index >= 15 is 0 Å². The lowest BCUT2D eigenvalue weighted by molar-refractivity contribution is -0.384. The van der Waals surface area contributed by atoms with Gasteiger partial charge in [-0.3, -0.25) is 14.9 Å². The van der Waals surface area contributed by atoms with Gasteiger partial charge in [-0.25, -0.2) is 4.79 Å². The van der Waals surface area contributed by atoms with E-state index in [-0.39, 0.29) is 11.3 Å². The number of esters is 1. The van der Waals surface area contributed by atoms with Crippen LogP contribution in [0.3, 0.4) is 0 Å². The van der Waals surface area contributed by atoms with Crippen LogP contribution >= 0.6 is 0 Å². The molecule has 0 saturated carbocycles. The number of amides is 1. The number of non-ortho nitro benzene ring substituents is 1. The van der Waals surface area contributed by atoms with Crippen LogP contribution in [0.2, 0.25) is 0 Å². The van der Waals surface area contributed by atoms with Crippen molar-refractivity contribution in [2.75, 3.05) is 43.1 Å². The monoisotopic (exact) mass is 399 g/mol. The van der Waals surface area contributed by atoms with Crippen molar-refractivity contribution < 1.29 is 24.0 Å². The fraction of sp³-hybridized carbons (Fsp3) is 0.300. The van der Waals surface area contributed by atoms with E-state index in [1.165, 1.54) is 18.2 Å². The minimum Gasteiger partial charge on any atom is -0.452 e. The van der Waals surface area contributed by atoms with E-state index in [2.05, 4.69) is 5.32 Å². The number of nitrogens with one attached hydrogen (secondary N) is 1. The number of nitro groups is 1. The van der Waals surface area contributed by atoms with E-state index in [0.29, 0.717) is 37.7 Å². The summed E-state index contributed by atoms with van der Waals surface area (Å²) in [5.74, 6) is -1.29. The predicted molar refractivity (Wildman–Crippen MR) is 106 cm³/mol. The number of rotatable bonds is 6. The molecule has 1 aliphatic heterocycles. The average molecular weight is 399 g/mol. The first kappa shape index (κ1) is 20.3. The molecule has 1 aliphatic rings. The first-order valence-corrected chi connectivity index (χ1v) is 9.09. The van der Waals surface area contributed by atoms with Crippen LogP contribution in [0, 0.1) is 17.0 Å². The van der Waals surface area contributed by atoms with Gasteiger partial charge < -0.3 is 19.7 Å². The van der Waals surface area contributed by atoms with E-state index in [1.807, 2.05) is 24.0 Å². The van der Waals surface area contributed by atoms with E-state index in [4.69, 9.17) is 9.47 Å². The third-order valence-electron chi connectivity index (χ3n) is 4.52. The molecule has 9 nitrogen and oxygen atoms in total. The van der Waals surface area contributed by atoms with Gasteiger partial charge in [-0.2, -0.15) is 0 Å².